The topological polar surface area (TPSA) is 91.6 Å². The van der Waals surface area contributed by atoms with E-state index in [-0.39, 0.29) is 53.8 Å². The van der Waals surface area contributed by atoms with Gasteiger partial charge in [0.15, 0.2) is 11.6 Å². The zero-order chi connectivity index (χ0) is 26.8. The average Bonchev–Trinajstić information content (AvgIpc) is 3.28. The Morgan fingerprint density at radius 1 is 1.11 bits per heavy atom. The molecule has 38 heavy (non-hydrogen) atoms. The molecule has 0 bridgehead atoms. The molecule has 2 aliphatic carbocycles. The Morgan fingerprint density at radius 3 is 2.71 bits per heavy atom. The number of hydrogen-bond donors (Lipinski definition) is 2. The van der Waals surface area contributed by atoms with Crippen molar-refractivity contribution < 1.29 is 19.1 Å². The molecule has 1 aromatic carbocycles. The molecule has 1 saturated carbocycles. The molecule has 2 N–H and O–H groups in total. The van der Waals surface area contributed by atoms with E-state index in [1.165, 1.54) is 12.2 Å². The number of aromatic amines is 1. The zero-order valence-electron chi connectivity index (χ0n) is 22.5. The number of nitrogens with one attached hydrogen (secondary N) is 2. The van der Waals surface area contributed by atoms with Gasteiger partial charge in [-0.25, -0.2) is 0 Å². The van der Waals surface area contributed by atoms with Crippen molar-refractivity contribution in [2.75, 3.05) is 0 Å². The lowest BCUT2D eigenvalue weighted by Gasteiger charge is -2.45. The maximum atomic E-state index is 14.2. The Labute approximate surface area is 223 Å². The molecule has 2 saturated heterocycles. The largest absolute Gasteiger partial charge is 0.365 e. The number of ketones is 2. The molecule has 3 heterocycles. The second kappa shape index (κ2) is 8.91. The third-order valence-electron chi connectivity index (χ3n) is 9.65. The summed E-state index contributed by atoms with van der Waals surface area (Å²) >= 11 is 0. The van der Waals surface area contributed by atoms with Crippen LogP contribution in [0.25, 0.3) is 10.9 Å². The van der Waals surface area contributed by atoms with Crippen molar-refractivity contribution in [2.45, 2.75) is 64.7 Å². The van der Waals surface area contributed by atoms with Crippen LogP contribution >= 0.6 is 0 Å². The fourth-order valence-corrected chi connectivity index (χ4v) is 7.70. The first-order valence-electron chi connectivity index (χ1n) is 13.8. The summed E-state index contributed by atoms with van der Waals surface area (Å²) in [5.41, 5.74) is 1.44. The van der Waals surface area contributed by atoms with E-state index in [4.69, 9.17) is 4.74 Å². The molecular formula is C32H36N2O4. The van der Waals surface area contributed by atoms with E-state index in [1.807, 2.05) is 31.3 Å². The standard InChI is InChI=1S/C32H36N2O4/c1-18-8-7-10-24-29-31(4,38-29)20(3)28-26(16-21-17-33-25-11-6-5-9-23(21)25)34-30(37)32(24,28)27(36)13-12-22(35)15-19(2)14-18/h5-7,9-14,17-18,20,24,26,28-29,33H,8,15-16H2,1-4H3,(H,34,37). The number of allylic oxidation sites excluding steroid dienone is 5. The number of aromatic nitrogens is 1. The number of carbonyl (C=O) groups excluding carboxylic acids is 3. The van der Waals surface area contributed by atoms with E-state index < -0.39 is 16.9 Å². The highest BCUT2D eigenvalue weighted by Crippen LogP contribution is 2.66. The minimum Gasteiger partial charge on any atom is -0.365 e. The maximum Gasteiger partial charge on any atom is 0.235 e. The van der Waals surface area contributed by atoms with Gasteiger partial charge >= 0.3 is 0 Å². The Bertz CT molecular complexity index is 1420. The fraction of sp³-hybridized carbons (Fsp3) is 0.469. The lowest BCUT2D eigenvalue weighted by atomic mass is 9.51. The predicted molar refractivity (Wildman–Crippen MR) is 146 cm³/mol. The molecule has 198 valence electrons. The summed E-state index contributed by atoms with van der Waals surface area (Å²) < 4.78 is 6.35. The van der Waals surface area contributed by atoms with E-state index in [1.54, 1.807) is 0 Å². The van der Waals surface area contributed by atoms with Crippen LogP contribution in [0.3, 0.4) is 0 Å². The van der Waals surface area contributed by atoms with Gasteiger partial charge in [-0.2, -0.15) is 0 Å². The quantitative estimate of drug-likeness (QED) is 0.342. The Kier molecular flexibility index (Phi) is 5.87. The highest BCUT2D eigenvalue weighted by molar-refractivity contribution is 6.15. The van der Waals surface area contributed by atoms with Crippen molar-refractivity contribution in [3.05, 3.63) is 72.0 Å². The maximum absolute atomic E-state index is 14.2. The minimum atomic E-state index is -1.32. The number of epoxide rings is 1. The molecule has 2 aromatic rings. The number of para-hydroxylation sites is 1. The number of fused-ring (bicyclic) bond motifs is 3. The number of carbonyl (C=O) groups is 3. The molecule has 1 spiro atoms. The molecule has 1 amide bonds. The van der Waals surface area contributed by atoms with Crippen LogP contribution in [0.4, 0.5) is 0 Å². The van der Waals surface area contributed by atoms with Gasteiger partial charge in [-0.3, -0.25) is 14.4 Å². The van der Waals surface area contributed by atoms with Gasteiger partial charge in [0.05, 0.1) is 11.7 Å². The average molecular weight is 513 g/mol. The Morgan fingerprint density at radius 2 is 1.89 bits per heavy atom. The van der Waals surface area contributed by atoms with E-state index in [0.717, 1.165) is 28.5 Å². The van der Waals surface area contributed by atoms with E-state index in [0.29, 0.717) is 6.42 Å². The Balaban J connectivity index is 1.46. The first-order chi connectivity index (χ1) is 18.2. The van der Waals surface area contributed by atoms with Gasteiger partial charge in [0.1, 0.15) is 5.41 Å². The zero-order valence-corrected chi connectivity index (χ0v) is 22.5. The summed E-state index contributed by atoms with van der Waals surface area (Å²) in [6.45, 7) is 8.31. The van der Waals surface area contributed by atoms with Gasteiger partial charge in [-0.05, 0) is 62.3 Å². The first-order valence-corrected chi connectivity index (χ1v) is 13.8. The van der Waals surface area contributed by atoms with Crippen molar-refractivity contribution in [2.24, 2.45) is 29.1 Å². The van der Waals surface area contributed by atoms with Gasteiger partial charge < -0.3 is 15.0 Å². The number of benzene rings is 1. The Hall–Kier alpha value is -3.25. The van der Waals surface area contributed by atoms with E-state index in [2.05, 4.69) is 55.4 Å². The third kappa shape index (κ3) is 3.68. The van der Waals surface area contributed by atoms with Crippen LogP contribution in [-0.2, 0) is 25.5 Å². The summed E-state index contributed by atoms with van der Waals surface area (Å²) in [7, 11) is 0. The van der Waals surface area contributed by atoms with Crippen molar-refractivity contribution in [3.63, 3.8) is 0 Å². The lowest BCUT2D eigenvalue weighted by Crippen LogP contribution is -2.58. The monoisotopic (exact) mass is 512 g/mol. The molecular weight excluding hydrogens is 476 g/mol. The SMILES string of the molecule is CC1=CC(C)CC=CC2C3OC3(C)C(C)C3C(Cc4c[nH]c5ccccc45)NC(=O)C23C(=O)C=CC(=O)C1. The van der Waals surface area contributed by atoms with Crippen LogP contribution < -0.4 is 5.32 Å². The summed E-state index contributed by atoms with van der Waals surface area (Å²) in [5, 5.41) is 4.39. The fourth-order valence-electron chi connectivity index (χ4n) is 7.70. The molecule has 6 heteroatoms. The lowest BCUT2D eigenvalue weighted by molar-refractivity contribution is -0.145. The molecule has 1 aromatic heterocycles. The number of amides is 1. The third-order valence-corrected chi connectivity index (χ3v) is 9.65. The van der Waals surface area contributed by atoms with Crippen LogP contribution in [0, 0.1) is 29.1 Å². The summed E-state index contributed by atoms with van der Waals surface area (Å²) in [5.74, 6) is -1.12. The number of rotatable bonds is 2. The van der Waals surface area contributed by atoms with Crippen LogP contribution in [0.2, 0.25) is 0 Å². The number of hydrogen-bond acceptors (Lipinski definition) is 4. The molecule has 6 rings (SSSR count). The molecule has 2 aliphatic heterocycles. The van der Waals surface area contributed by atoms with Crippen molar-refractivity contribution in [1.82, 2.24) is 10.3 Å². The van der Waals surface area contributed by atoms with Crippen molar-refractivity contribution in [1.29, 1.82) is 0 Å². The second-order valence-corrected chi connectivity index (χ2v) is 12.1. The molecule has 6 nitrogen and oxygen atoms in total. The summed E-state index contributed by atoms with van der Waals surface area (Å²) in [6, 6.07) is 7.90. The number of H-pyrrole nitrogens is 1. The highest BCUT2D eigenvalue weighted by atomic mass is 16.6. The van der Waals surface area contributed by atoms with Gasteiger partial charge in [0.25, 0.3) is 0 Å². The second-order valence-electron chi connectivity index (χ2n) is 12.1. The normalized spacial score (nSPS) is 38.8. The van der Waals surface area contributed by atoms with Gasteiger partial charge in [-0.1, -0.05) is 55.8 Å². The molecule has 8 atom stereocenters. The molecule has 3 fully saturated rings. The highest BCUT2D eigenvalue weighted by Gasteiger charge is 2.78. The minimum absolute atomic E-state index is 0.0297. The van der Waals surface area contributed by atoms with E-state index >= 15 is 0 Å². The summed E-state index contributed by atoms with van der Waals surface area (Å²) in [4.78, 5) is 44.4. The van der Waals surface area contributed by atoms with Crippen molar-refractivity contribution >= 4 is 28.4 Å². The molecule has 8 unspecified atom stereocenters. The summed E-state index contributed by atoms with van der Waals surface area (Å²) in [6.07, 6.45) is 12.5. The van der Waals surface area contributed by atoms with Crippen molar-refractivity contribution in [3.8, 4) is 0 Å². The predicted octanol–water partition coefficient (Wildman–Crippen LogP) is 4.86. The van der Waals surface area contributed by atoms with Crippen LogP contribution in [-0.4, -0.2) is 40.2 Å². The number of ether oxygens (including phenoxy) is 1. The smallest absolute Gasteiger partial charge is 0.235 e. The van der Waals surface area contributed by atoms with E-state index in [9.17, 15) is 14.4 Å². The van der Waals surface area contributed by atoms with Gasteiger partial charge in [-0.15, -0.1) is 0 Å². The van der Waals surface area contributed by atoms with Crippen LogP contribution in [0.5, 0.6) is 0 Å². The van der Waals surface area contributed by atoms with Gasteiger partial charge in [0.2, 0.25) is 5.91 Å². The van der Waals surface area contributed by atoms with Gasteiger partial charge in [0, 0.05) is 41.4 Å². The molecule has 0 radical (unpaired) electrons. The molecule has 4 aliphatic rings. The van der Waals surface area contributed by atoms with Crippen LogP contribution in [0.1, 0.15) is 46.1 Å². The van der Waals surface area contributed by atoms with Crippen LogP contribution in [0.15, 0.2) is 66.4 Å². The first kappa shape index (κ1) is 25.1.